The molecule has 0 aromatic heterocycles. The van der Waals surface area contributed by atoms with Crippen LogP contribution in [0.1, 0.15) is 11.1 Å². The van der Waals surface area contributed by atoms with E-state index in [1.165, 1.54) is 37.2 Å². The Labute approximate surface area is 223 Å². The number of amides is 2. The van der Waals surface area contributed by atoms with Crippen molar-refractivity contribution in [2.24, 2.45) is 0 Å². The number of carbonyl (C=O) groups is 2. The lowest BCUT2D eigenvalue weighted by atomic mass is 10.1. The van der Waals surface area contributed by atoms with Crippen LogP contribution in [0.4, 0.5) is 5.69 Å². The van der Waals surface area contributed by atoms with Crippen LogP contribution in [0.2, 0.25) is 0 Å². The zero-order chi connectivity index (χ0) is 27.3. The summed E-state index contributed by atoms with van der Waals surface area (Å²) in [5, 5.41) is 2.90. The number of ether oxygens (including phenoxy) is 2. The van der Waals surface area contributed by atoms with Gasteiger partial charge in [0, 0.05) is 20.6 Å². The molecule has 0 bridgehead atoms. The Hall–Kier alpha value is -3.89. The number of fused-ring (bicyclic) bond motifs is 1. The minimum Gasteiger partial charge on any atom is -0.483 e. The first kappa shape index (κ1) is 27.2. The largest absolute Gasteiger partial charge is 0.483 e. The van der Waals surface area contributed by atoms with Crippen LogP contribution in [-0.4, -0.2) is 64.4 Å². The van der Waals surface area contributed by atoms with E-state index < -0.39 is 16.1 Å². The lowest BCUT2D eigenvalue weighted by molar-refractivity contribution is -0.128. The van der Waals surface area contributed by atoms with Gasteiger partial charge in [0.15, 0.2) is 12.7 Å². The molecule has 38 heavy (non-hydrogen) atoms. The summed E-state index contributed by atoms with van der Waals surface area (Å²) in [5.74, 6) is 0.174. The van der Waals surface area contributed by atoms with Gasteiger partial charge in [-0.2, -0.15) is 0 Å². The maximum Gasteiger partial charge on any atom is 0.265 e. The van der Waals surface area contributed by atoms with Gasteiger partial charge in [0.25, 0.3) is 11.8 Å². The average molecular weight is 538 g/mol. The number of hydrogen-bond donors (Lipinski definition) is 1. The molecule has 2 amide bonds. The molecule has 1 heterocycles. The highest BCUT2D eigenvalue weighted by atomic mass is 32.2. The van der Waals surface area contributed by atoms with Gasteiger partial charge < -0.3 is 19.7 Å². The molecule has 1 atom stereocenters. The highest BCUT2D eigenvalue weighted by Gasteiger charge is 2.34. The number of aryl methyl sites for hydroxylation is 1. The molecule has 1 aliphatic rings. The number of benzene rings is 3. The summed E-state index contributed by atoms with van der Waals surface area (Å²) in [6.07, 6.45) is -0.192. The molecule has 0 radical (unpaired) electrons. The Balaban J connectivity index is 1.42. The fourth-order valence-corrected chi connectivity index (χ4v) is 5.06. The molecule has 4 rings (SSSR count). The highest BCUT2D eigenvalue weighted by Crippen LogP contribution is 2.33. The second-order valence-electron chi connectivity index (χ2n) is 9.11. The molecule has 0 aliphatic carbocycles. The van der Waals surface area contributed by atoms with E-state index in [4.69, 9.17) is 9.47 Å². The van der Waals surface area contributed by atoms with Gasteiger partial charge >= 0.3 is 0 Å². The van der Waals surface area contributed by atoms with Crippen LogP contribution in [0.5, 0.6) is 11.5 Å². The zero-order valence-electron chi connectivity index (χ0n) is 21.6. The van der Waals surface area contributed by atoms with Crippen molar-refractivity contribution >= 4 is 27.5 Å². The standard InChI is InChI=1S/C28H31N3O6S/c1-20-17-22(38(34,35)30(2)3)13-14-24(20)36-19-27(32)31-18-26(37-25-12-8-7-11-23(25)31)28(33)29-16-15-21-9-5-4-6-10-21/h4-14,17,26H,15-16,18-19H2,1-3H3,(H,29,33)/t26-/m1/s1. The van der Waals surface area contributed by atoms with E-state index in [0.29, 0.717) is 35.7 Å². The van der Waals surface area contributed by atoms with Gasteiger partial charge in [-0.05, 0) is 54.8 Å². The molecular formula is C28H31N3O6S. The normalized spacial score (nSPS) is 14.9. The number of anilines is 1. The molecule has 0 saturated heterocycles. The summed E-state index contributed by atoms with van der Waals surface area (Å²) < 4.78 is 37.6. The molecular weight excluding hydrogens is 506 g/mol. The topological polar surface area (TPSA) is 105 Å². The molecule has 0 unspecified atom stereocenters. The predicted molar refractivity (Wildman–Crippen MR) is 144 cm³/mol. The Morgan fingerprint density at radius 1 is 1.05 bits per heavy atom. The van der Waals surface area contributed by atoms with Crippen LogP contribution < -0.4 is 19.7 Å². The first-order valence-corrected chi connectivity index (χ1v) is 13.6. The number of sulfonamides is 1. The summed E-state index contributed by atoms with van der Waals surface area (Å²) in [6, 6.07) is 21.4. The Morgan fingerprint density at radius 2 is 1.76 bits per heavy atom. The molecule has 3 aromatic carbocycles. The van der Waals surface area contributed by atoms with E-state index in [1.54, 1.807) is 31.2 Å². The zero-order valence-corrected chi connectivity index (χ0v) is 22.4. The van der Waals surface area contributed by atoms with Gasteiger partial charge in [0.1, 0.15) is 11.5 Å². The lowest BCUT2D eigenvalue weighted by Crippen LogP contribution is -2.52. The third-order valence-electron chi connectivity index (χ3n) is 6.20. The second-order valence-corrected chi connectivity index (χ2v) is 11.3. The third kappa shape index (κ3) is 6.15. The Kier molecular flexibility index (Phi) is 8.33. The van der Waals surface area contributed by atoms with E-state index in [0.717, 1.165) is 9.87 Å². The number of hydrogen-bond acceptors (Lipinski definition) is 6. The van der Waals surface area contributed by atoms with Gasteiger partial charge in [-0.1, -0.05) is 42.5 Å². The molecule has 200 valence electrons. The van der Waals surface area contributed by atoms with Crippen molar-refractivity contribution in [3.63, 3.8) is 0 Å². The van der Waals surface area contributed by atoms with Gasteiger partial charge in [0.2, 0.25) is 10.0 Å². The van der Waals surface area contributed by atoms with Gasteiger partial charge in [-0.3, -0.25) is 9.59 Å². The number of nitrogens with zero attached hydrogens (tertiary/aromatic N) is 2. The van der Waals surface area contributed by atoms with Crippen molar-refractivity contribution in [1.82, 2.24) is 9.62 Å². The van der Waals surface area contributed by atoms with Crippen LogP contribution in [0.25, 0.3) is 0 Å². The minimum absolute atomic E-state index is 0.0371. The van der Waals surface area contributed by atoms with E-state index in [9.17, 15) is 18.0 Å². The third-order valence-corrected chi connectivity index (χ3v) is 8.01. The molecule has 0 fully saturated rings. The van der Waals surface area contributed by atoms with Crippen LogP contribution in [0.15, 0.2) is 77.7 Å². The molecule has 1 aliphatic heterocycles. The van der Waals surface area contributed by atoms with Crippen molar-refractivity contribution in [1.29, 1.82) is 0 Å². The Morgan fingerprint density at radius 3 is 2.47 bits per heavy atom. The van der Waals surface area contributed by atoms with E-state index in [2.05, 4.69) is 5.32 Å². The fraction of sp³-hybridized carbons (Fsp3) is 0.286. The summed E-state index contributed by atoms with van der Waals surface area (Å²) >= 11 is 0. The number of para-hydroxylation sites is 2. The molecule has 0 spiro atoms. The van der Waals surface area contributed by atoms with Crippen molar-refractivity contribution < 1.29 is 27.5 Å². The monoisotopic (exact) mass is 537 g/mol. The smallest absolute Gasteiger partial charge is 0.265 e. The van der Waals surface area contributed by atoms with E-state index >= 15 is 0 Å². The molecule has 9 nitrogen and oxygen atoms in total. The Bertz CT molecular complexity index is 1410. The van der Waals surface area contributed by atoms with Crippen LogP contribution in [0, 0.1) is 6.92 Å². The first-order chi connectivity index (χ1) is 18.2. The van der Waals surface area contributed by atoms with Crippen LogP contribution >= 0.6 is 0 Å². The molecule has 3 aromatic rings. The summed E-state index contributed by atoms with van der Waals surface area (Å²) in [4.78, 5) is 27.8. The van der Waals surface area contributed by atoms with Crippen molar-refractivity contribution in [3.8, 4) is 11.5 Å². The minimum atomic E-state index is -3.58. The fourth-order valence-electron chi connectivity index (χ4n) is 4.07. The maximum absolute atomic E-state index is 13.2. The van der Waals surface area contributed by atoms with Gasteiger partial charge in [0.05, 0.1) is 17.1 Å². The number of rotatable bonds is 9. The summed E-state index contributed by atoms with van der Waals surface area (Å²) in [7, 11) is -0.658. The highest BCUT2D eigenvalue weighted by molar-refractivity contribution is 7.89. The summed E-state index contributed by atoms with van der Waals surface area (Å²) in [6.45, 7) is 1.90. The first-order valence-electron chi connectivity index (χ1n) is 12.2. The van der Waals surface area contributed by atoms with E-state index in [-0.39, 0.29) is 29.9 Å². The van der Waals surface area contributed by atoms with Crippen molar-refractivity contribution in [2.75, 3.05) is 38.7 Å². The number of nitrogens with one attached hydrogen (secondary N) is 1. The average Bonchev–Trinajstić information content (AvgIpc) is 2.92. The molecule has 1 N–H and O–H groups in total. The SMILES string of the molecule is Cc1cc(S(=O)(=O)N(C)C)ccc1OCC(=O)N1C[C@H](C(=O)NCCc2ccccc2)Oc2ccccc21. The van der Waals surface area contributed by atoms with Crippen molar-refractivity contribution in [3.05, 3.63) is 83.9 Å². The quantitative estimate of drug-likeness (QED) is 0.450. The predicted octanol–water partition coefficient (Wildman–Crippen LogP) is 2.78. The van der Waals surface area contributed by atoms with Crippen LogP contribution in [0.3, 0.4) is 0 Å². The maximum atomic E-state index is 13.2. The van der Waals surface area contributed by atoms with E-state index in [1.807, 2.05) is 30.3 Å². The second kappa shape index (κ2) is 11.7. The van der Waals surface area contributed by atoms with Gasteiger partial charge in [-0.25, -0.2) is 12.7 Å². The van der Waals surface area contributed by atoms with Crippen molar-refractivity contribution in [2.45, 2.75) is 24.3 Å². The lowest BCUT2D eigenvalue weighted by Gasteiger charge is -2.34. The van der Waals surface area contributed by atoms with Crippen LogP contribution in [-0.2, 0) is 26.0 Å². The number of carbonyl (C=O) groups excluding carboxylic acids is 2. The molecule has 0 saturated carbocycles. The summed E-state index contributed by atoms with van der Waals surface area (Å²) in [5.41, 5.74) is 2.25. The van der Waals surface area contributed by atoms with Gasteiger partial charge in [-0.15, -0.1) is 0 Å². The molecule has 10 heteroatoms.